The van der Waals surface area contributed by atoms with Crippen LogP contribution in [0.5, 0.6) is 0 Å². The summed E-state index contributed by atoms with van der Waals surface area (Å²) in [4.78, 5) is 19.9. The van der Waals surface area contributed by atoms with Crippen LogP contribution < -0.4 is 10.6 Å². The highest BCUT2D eigenvalue weighted by Gasteiger charge is 2.20. The smallest absolute Gasteiger partial charge is 0.225 e. The first kappa shape index (κ1) is 21.4. The monoisotopic (exact) mass is 364 g/mol. The average Bonchev–Trinajstić information content (AvgIpc) is 2.57. The van der Waals surface area contributed by atoms with E-state index in [1.54, 1.807) is 11.8 Å². The fraction of sp³-hybridized carbons (Fsp3) is 0.579. The summed E-state index contributed by atoms with van der Waals surface area (Å²) in [5.74, 6) is 0.899. The molecule has 5 nitrogen and oxygen atoms in total. The maximum absolute atomic E-state index is 11.9. The van der Waals surface area contributed by atoms with E-state index in [1.807, 2.05) is 27.8 Å². The van der Waals surface area contributed by atoms with E-state index >= 15 is 0 Å². The summed E-state index contributed by atoms with van der Waals surface area (Å²) in [5.41, 5.74) is 0.875. The Morgan fingerprint density at radius 1 is 1.20 bits per heavy atom. The van der Waals surface area contributed by atoms with Crippen molar-refractivity contribution in [2.24, 2.45) is 10.4 Å². The van der Waals surface area contributed by atoms with Crippen LogP contribution >= 0.6 is 11.8 Å². The number of rotatable bonds is 7. The average molecular weight is 365 g/mol. The number of aliphatic imine (C=N–C) groups is 1. The van der Waals surface area contributed by atoms with Gasteiger partial charge in [-0.25, -0.2) is 0 Å². The molecule has 0 saturated carbocycles. The van der Waals surface area contributed by atoms with Crippen LogP contribution in [0.2, 0.25) is 0 Å². The number of carbonyl (C=O) groups is 1. The number of hydrogen-bond donors (Lipinski definition) is 2. The van der Waals surface area contributed by atoms with E-state index < -0.39 is 0 Å². The second-order valence-corrected chi connectivity index (χ2v) is 7.83. The minimum atomic E-state index is -0.367. The lowest BCUT2D eigenvalue weighted by Gasteiger charge is -2.22. The summed E-state index contributed by atoms with van der Waals surface area (Å²) in [6.45, 7) is 10.5. The largest absolute Gasteiger partial charge is 0.357 e. The summed E-state index contributed by atoms with van der Waals surface area (Å²) >= 11 is 1.74. The summed E-state index contributed by atoms with van der Waals surface area (Å²) in [6.07, 6.45) is 2.08. The molecule has 25 heavy (non-hydrogen) atoms. The molecule has 1 rings (SSSR count). The second kappa shape index (κ2) is 10.3. The van der Waals surface area contributed by atoms with Crippen molar-refractivity contribution in [2.45, 2.75) is 39.1 Å². The molecule has 0 bridgehead atoms. The van der Waals surface area contributed by atoms with Gasteiger partial charge in [-0.3, -0.25) is 9.79 Å². The van der Waals surface area contributed by atoms with E-state index in [4.69, 9.17) is 0 Å². The van der Waals surface area contributed by atoms with Crippen molar-refractivity contribution in [1.82, 2.24) is 15.5 Å². The van der Waals surface area contributed by atoms with Crippen LogP contribution in [0.1, 0.15) is 33.3 Å². The molecule has 0 saturated heterocycles. The van der Waals surface area contributed by atoms with E-state index in [0.29, 0.717) is 13.1 Å². The summed E-state index contributed by atoms with van der Waals surface area (Å²) in [7, 11) is 2.03. The molecule has 2 N–H and O–H groups in total. The molecule has 0 aliphatic rings. The Labute approximate surface area is 156 Å². The number of nitrogens with zero attached hydrogens (tertiary/aromatic N) is 2. The lowest BCUT2D eigenvalue weighted by Crippen LogP contribution is -2.40. The first-order valence-electron chi connectivity index (χ1n) is 8.68. The van der Waals surface area contributed by atoms with Crippen molar-refractivity contribution in [3.05, 3.63) is 29.8 Å². The molecule has 0 aliphatic heterocycles. The molecule has 0 aromatic heterocycles. The van der Waals surface area contributed by atoms with Gasteiger partial charge in [0.1, 0.15) is 0 Å². The Hall–Kier alpha value is -1.69. The van der Waals surface area contributed by atoms with Gasteiger partial charge in [0.2, 0.25) is 5.91 Å². The predicted octanol–water partition coefficient (Wildman–Crippen LogP) is 2.97. The van der Waals surface area contributed by atoms with Gasteiger partial charge in [0.25, 0.3) is 0 Å². The number of amides is 1. The van der Waals surface area contributed by atoms with Gasteiger partial charge >= 0.3 is 0 Å². The minimum Gasteiger partial charge on any atom is -0.357 e. The molecule has 1 amide bonds. The van der Waals surface area contributed by atoms with Crippen LogP contribution in [0, 0.1) is 5.41 Å². The highest BCUT2D eigenvalue weighted by Crippen LogP contribution is 2.15. The normalized spacial score (nSPS) is 12.0. The number of nitrogens with one attached hydrogen (secondary N) is 2. The van der Waals surface area contributed by atoms with Crippen molar-refractivity contribution in [2.75, 3.05) is 32.9 Å². The second-order valence-electron chi connectivity index (χ2n) is 6.95. The molecular formula is C19H32N4OS. The van der Waals surface area contributed by atoms with E-state index in [9.17, 15) is 4.79 Å². The van der Waals surface area contributed by atoms with Gasteiger partial charge in [0, 0.05) is 37.0 Å². The van der Waals surface area contributed by atoms with Crippen LogP contribution in [0.25, 0.3) is 0 Å². The Bertz CT molecular complexity index is 564. The molecule has 0 atom stereocenters. The van der Waals surface area contributed by atoms with Crippen molar-refractivity contribution >= 4 is 23.6 Å². The van der Waals surface area contributed by atoms with Gasteiger partial charge in [-0.15, -0.1) is 11.8 Å². The fourth-order valence-electron chi connectivity index (χ4n) is 2.15. The molecule has 1 aromatic carbocycles. The zero-order valence-electron chi connectivity index (χ0n) is 16.3. The van der Waals surface area contributed by atoms with Gasteiger partial charge < -0.3 is 15.5 Å². The Morgan fingerprint density at radius 3 is 2.36 bits per heavy atom. The molecule has 0 heterocycles. The summed E-state index contributed by atoms with van der Waals surface area (Å²) in [5, 5.41) is 6.23. The standard InChI is InChI=1S/C19H32N4OS/c1-7-20-18(22-13-12-21-17(24)19(2,3)4)23(5)14-15-8-10-16(25-6)11-9-15/h8-11H,7,12-14H2,1-6H3,(H,20,22)(H,21,24). The predicted molar refractivity (Wildman–Crippen MR) is 108 cm³/mol. The maximum Gasteiger partial charge on any atom is 0.225 e. The zero-order valence-corrected chi connectivity index (χ0v) is 17.2. The molecule has 1 aromatic rings. The molecule has 0 spiro atoms. The first-order chi connectivity index (χ1) is 11.8. The van der Waals surface area contributed by atoms with Gasteiger partial charge in [-0.2, -0.15) is 0 Å². The zero-order chi connectivity index (χ0) is 18.9. The Morgan fingerprint density at radius 2 is 1.84 bits per heavy atom. The van der Waals surface area contributed by atoms with Crippen LogP contribution in [0.4, 0.5) is 0 Å². The molecule has 0 radical (unpaired) electrons. The summed E-state index contributed by atoms with van der Waals surface area (Å²) in [6, 6.07) is 8.57. The topological polar surface area (TPSA) is 56.7 Å². The third-order valence-corrected chi connectivity index (χ3v) is 4.36. The van der Waals surface area contributed by atoms with E-state index in [0.717, 1.165) is 19.0 Å². The van der Waals surface area contributed by atoms with E-state index in [-0.39, 0.29) is 11.3 Å². The van der Waals surface area contributed by atoms with Gasteiger partial charge in [-0.05, 0) is 30.9 Å². The van der Waals surface area contributed by atoms with Crippen molar-refractivity contribution in [3.63, 3.8) is 0 Å². The third-order valence-electron chi connectivity index (χ3n) is 3.62. The lowest BCUT2D eigenvalue weighted by molar-refractivity contribution is -0.128. The number of carbonyl (C=O) groups excluding carboxylic acids is 1. The molecule has 0 fully saturated rings. The molecular weight excluding hydrogens is 332 g/mol. The maximum atomic E-state index is 11.9. The molecule has 140 valence electrons. The Kier molecular flexibility index (Phi) is 8.83. The third kappa shape index (κ3) is 7.82. The van der Waals surface area contributed by atoms with Crippen molar-refractivity contribution < 1.29 is 4.79 Å². The first-order valence-corrected chi connectivity index (χ1v) is 9.91. The van der Waals surface area contributed by atoms with Crippen molar-refractivity contribution in [1.29, 1.82) is 0 Å². The highest BCUT2D eigenvalue weighted by atomic mass is 32.2. The highest BCUT2D eigenvalue weighted by molar-refractivity contribution is 7.98. The quantitative estimate of drug-likeness (QED) is 0.338. The summed E-state index contributed by atoms with van der Waals surface area (Å²) < 4.78 is 0. The number of thioether (sulfide) groups is 1. The molecule has 0 aliphatic carbocycles. The Balaban J connectivity index is 2.59. The number of benzene rings is 1. The molecule has 0 unspecified atom stereocenters. The van der Waals surface area contributed by atoms with E-state index in [2.05, 4.69) is 58.0 Å². The van der Waals surface area contributed by atoms with Crippen LogP contribution in [0.15, 0.2) is 34.2 Å². The lowest BCUT2D eigenvalue weighted by atomic mass is 9.96. The fourth-order valence-corrected chi connectivity index (χ4v) is 2.55. The van der Waals surface area contributed by atoms with Crippen LogP contribution in [-0.4, -0.2) is 49.7 Å². The van der Waals surface area contributed by atoms with Crippen LogP contribution in [0.3, 0.4) is 0 Å². The number of guanidine groups is 1. The van der Waals surface area contributed by atoms with Gasteiger partial charge in [0.05, 0.1) is 6.54 Å². The number of hydrogen-bond acceptors (Lipinski definition) is 3. The minimum absolute atomic E-state index is 0.0509. The van der Waals surface area contributed by atoms with E-state index in [1.165, 1.54) is 10.5 Å². The van der Waals surface area contributed by atoms with Gasteiger partial charge in [-0.1, -0.05) is 32.9 Å². The molecule has 6 heteroatoms. The SMILES string of the molecule is CCNC(=NCCNC(=O)C(C)(C)C)N(C)Cc1ccc(SC)cc1. The van der Waals surface area contributed by atoms with Gasteiger partial charge in [0.15, 0.2) is 5.96 Å². The van der Waals surface area contributed by atoms with Crippen molar-refractivity contribution in [3.8, 4) is 0 Å². The van der Waals surface area contributed by atoms with Crippen LogP contribution in [-0.2, 0) is 11.3 Å².